The van der Waals surface area contributed by atoms with Crippen LogP contribution in [0.4, 0.5) is 15.8 Å². The molecule has 21 heavy (non-hydrogen) atoms. The van der Waals surface area contributed by atoms with E-state index < -0.39 is 0 Å². The topological polar surface area (TPSA) is 15.3 Å². The van der Waals surface area contributed by atoms with Gasteiger partial charge in [0.1, 0.15) is 5.82 Å². The van der Waals surface area contributed by atoms with Gasteiger partial charge in [0.15, 0.2) is 0 Å². The third-order valence-electron chi connectivity index (χ3n) is 3.54. The van der Waals surface area contributed by atoms with Crippen LogP contribution in [0, 0.1) is 5.82 Å². The minimum Gasteiger partial charge on any atom is -0.344 e. The van der Waals surface area contributed by atoms with Crippen molar-refractivity contribution in [2.75, 3.05) is 18.5 Å². The van der Waals surface area contributed by atoms with Crippen molar-refractivity contribution in [3.8, 4) is 0 Å². The zero-order valence-electron chi connectivity index (χ0n) is 12.5. The molecule has 0 fully saturated rings. The molecule has 0 aliphatic heterocycles. The molecule has 0 saturated heterocycles. The second kappa shape index (κ2) is 7.05. The van der Waals surface area contributed by atoms with Crippen LogP contribution >= 0.6 is 15.9 Å². The van der Waals surface area contributed by atoms with Crippen LogP contribution in [0.2, 0.25) is 0 Å². The summed E-state index contributed by atoms with van der Waals surface area (Å²) in [5.74, 6) is -0.218. The molecule has 2 rings (SSSR count). The summed E-state index contributed by atoms with van der Waals surface area (Å²) in [5, 5.41) is 3.44. The van der Waals surface area contributed by atoms with Gasteiger partial charge in [0.05, 0.1) is 0 Å². The summed E-state index contributed by atoms with van der Waals surface area (Å²) in [6, 6.07) is 13.0. The molecule has 1 N–H and O–H groups in total. The normalized spacial score (nSPS) is 12.2. The van der Waals surface area contributed by atoms with E-state index in [0.717, 1.165) is 22.4 Å². The van der Waals surface area contributed by atoms with Gasteiger partial charge in [0.25, 0.3) is 0 Å². The zero-order chi connectivity index (χ0) is 15.4. The minimum atomic E-state index is -0.218. The van der Waals surface area contributed by atoms with Crippen LogP contribution in [0.3, 0.4) is 0 Å². The highest BCUT2D eigenvalue weighted by atomic mass is 79.9. The quantitative estimate of drug-likeness (QED) is 0.813. The maximum atomic E-state index is 13.1. The van der Waals surface area contributed by atoms with E-state index in [4.69, 9.17) is 0 Å². The number of benzene rings is 2. The van der Waals surface area contributed by atoms with Crippen LogP contribution in [0.1, 0.15) is 25.5 Å². The molecule has 1 unspecified atom stereocenters. The van der Waals surface area contributed by atoms with Crippen molar-refractivity contribution in [2.45, 2.75) is 19.9 Å². The maximum Gasteiger partial charge on any atom is 0.123 e. The molecule has 2 aromatic rings. The zero-order valence-corrected chi connectivity index (χ0v) is 14.1. The average molecular weight is 351 g/mol. The first kappa shape index (κ1) is 16.0. The van der Waals surface area contributed by atoms with E-state index in [1.165, 1.54) is 17.7 Å². The molecule has 0 amide bonds. The number of hydrogen-bond acceptors (Lipinski definition) is 2. The fourth-order valence-corrected chi connectivity index (χ4v) is 2.78. The van der Waals surface area contributed by atoms with Crippen molar-refractivity contribution in [3.05, 3.63) is 58.3 Å². The van der Waals surface area contributed by atoms with Gasteiger partial charge < -0.3 is 10.2 Å². The highest BCUT2D eigenvalue weighted by molar-refractivity contribution is 9.10. The van der Waals surface area contributed by atoms with E-state index in [-0.39, 0.29) is 11.9 Å². The minimum absolute atomic E-state index is 0.218. The van der Waals surface area contributed by atoms with Crippen molar-refractivity contribution in [2.24, 2.45) is 0 Å². The Morgan fingerprint density at radius 2 is 1.86 bits per heavy atom. The lowest BCUT2D eigenvalue weighted by molar-refractivity contribution is 0.598. The third-order valence-corrected chi connectivity index (χ3v) is 4.03. The lowest BCUT2D eigenvalue weighted by Gasteiger charge is -2.26. The first-order valence-corrected chi connectivity index (χ1v) is 7.84. The van der Waals surface area contributed by atoms with Crippen LogP contribution in [0.5, 0.6) is 0 Å². The van der Waals surface area contributed by atoms with Crippen molar-refractivity contribution in [3.63, 3.8) is 0 Å². The molecule has 2 aromatic carbocycles. The summed E-state index contributed by atoms with van der Waals surface area (Å²) in [5.41, 5.74) is 3.28. The van der Waals surface area contributed by atoms with E-state index in [0.29, 0.717) is 0 Å². The van der Waals surface area contributed by atoms with E-state index in [1.807, 2.05) is 13.1 Å². The Kier molecular flexibility index (Phi) is 5.37. The van der Waals surface area contributed by atoms with Crippen LogP contribution in [0.15, 0.2) is 46.9 Å². The molecule has 112 valence electrons. The molecule has 0 aliphatic carbocycles. The Labute approximate surface area is 134 Å². The van der Waals surface area contributed by atoms with E-state index >= 15 is 0 Å². The predicted molar refractivity (Wildman–Crippen MR) is 90.7 cm³/mol. The number of halogens is 2. The molecule has 1 atom stereocenters. The van der Waals surface area contributed by atoms with Crippen LogP contribution < -0.4 is 10.2 Å². The standard InChI is InChI=1S/C17H20BrFN2/c1-4-20-12(2)16-11-13(18)5-10-17(16)21(3)15-8-6-14(19)7-9-15/h5-12,20H,4H2,1-3H3. The molecular formula is C17H20BrFN2. The Morgan fingerprint density at radius 1 is 1.19 bits per heavy atom. The highest BCUT2D eigenvalue weighted by Crippen LogP contribution is 2.33. The summed E-state index contributed by atoms with van der Waals surface area (Å²) in [6.07, 6.45) is 0. The van der Waals surface area contributed by atoms with Gasteiger partial charge in [-0.1, -0.05) is 22.9 Å². The molecule has 2 nitrogen and oxygen atoms in total. The molecule has 0 heterocycles. The average Bonchev–Trinajstić information content (AvgIpc) is 2.47. The molecule has 0 aliphatic rings. The van der Waals surface area contributed by atoms with Crippen molar-refractivity contribution >= 4 is 27.3 Å². The van der Waals surface area contributed by atoms with Gasteiger partial charge in [-0.3, -0.25) is 0 Å². The number of nitrogens with one attached hydrogen (secondary N) is 1. The monoisotopic (exact) mass is 350 g/mol. The molecule has 4 heteroatoms. The first-order valence-electron chi connectivity index (χ1n) is 7.05. The molecular weight excluding hydrogens is 331 g/mol. The highest BCUT2D eigenvalue weighted by Gasteiger charge is 2.14. The maximum absolute atomic E-state index is 13.1. The van der Waals surface area contributed by atoms with Gasteiger partial charge in [-0.05, 0) is 61.5 Å². The summed E-state index contributed by atoms with van der Waals surface area (Å²) >= 11 is 3.53. The van der Waals surface area contributed by atoms with E-state index in [2.05, 4.69) is 52.1 Å². The predicted octanol–water partition coefficient (Wildman–Crippen LogP) is 5.03. The van der Waals surface area contributed by atoms with E-state index in [1.54, 1.807) is 12.1 Å². The van der Waals surface area contributed by atoms with E-state index in [9.17, 15) is 4.39 Å². The van der Waals surface area contributed by atoms with Gasteiger partial charge in [0.2, 0.25) is 0 Å². The number of nitrogens with zero attached hydrogens (tertiary/aromatic N) is 1. The summed E-state index contributed by atoms with van der Waals surface area (Å²) < 4.78 is 14.1. The third kappa shape index (κ3) is 3.83. The molecule has 0 radical (unpaired) electrons. The Hall–Kier alpha value is -1.39. The van der Waals surface area contributed by atoms with Gasteiger partial charge >= 0.3 is 0 Å². The van der Waals surface area contributed by atoms with Crippen molar-refractivity contribution in [1.82, 2.24) is 5.32 Å². The molecule has 0 saturated carbocycles. The van der Waals surface area contributed by atoms with Crippen molar-refractivity contribution in [1.29, 1.82) is 0 Å². The Balaban J connectivity index is 2.40. The van der Waals surface area contributed by atoms with Crippen LogP contribution in [-0.2, 0) is 0 Å². The SMILES string of the molecule is CCNC(C)c1cc(Br)ccc1N(C)c1ccc(F)cc1. The smallest absolute Gasteiger partial charge is 0.123 e. The molecule has 0 spiro atoms. The largest absolute Gasteiger partial charge is 0.344 e. The second-order valence-corrected chi connectivity index (χ2v) is 5.93. The second-order valence-electron chi connectivity index (χ2n) is 5.02. The molecule has 0 aromatic heterocycles. The number of rotatable bonds is 5. The van der Waals surface area contributed by atoms with Crippen LogP contribution in [-0.4, -0.2) is 13.6 Å². The van der Waals surface area contributed by atoms with Crippen LogP contribution in [0.25, 0.3) is 0 Å². The number of hydrogen-bond donors (Lipinski definition) is 1. The van der Waals surface area contributed by atoms with Gasteiger partial charge in [-0.25, -0.2) is 4.39 Å². The lowest BCUT2D eigenvalue weighted by Crippen LogP contribution is -2.21. The van der Waals surface area contributed by atoms with Gasteiger partial charge in [-0.15, -0.1) is 0 Å². The lowest BCUT2D eigenvalue weighted by atomic mass is 10.0. The van der Waals surface area contributed by atoms with Crippen molar-refractivity contribution < 1.29 is 4.39 Å². The Bertz CT molecular complexity index is 598. The van der Waals surface area contributed by atoms with Gasteiger partial charge in [-0.2, -0.15) is 0 Å². The fraction of sp³-hybridized carbons (Fsp3) is 0.294. The fourth-order valence-electron chi connectivity index (χ4n) is 2.40. The first-order chi connectivity index (χ1) is 10.0. The summed E-state index contributed by atoms with van der Waals surface area (Å²) in [6.45, 7) is 5.15. The molecule has 0 bridgehead atoms. The number of anilines is 2. The summed E-state index contributed by atoms with van der Waals surface area (Å²) in [7, 11) is 2.00. The van der Waals surface area contributed by atoms with Gasteiger partial charge in [0, 0.05) is 28.9 Å². The summed E-state index contributed by atoms with van der Waals surface area (Å²) in [4.78, 5) is 2.08. The Morgan fingerprint density at radius 3 is 2.48 bits per heavy atom.